The van der Waals surface area contributed by atoms with Crippen LogP contribution in [0.4, 0.5) is 10.2 Å². The molecule has 9 heteroatoms. The number of pyridine rings is 2. The minimum absolute atomic E-state index is 0.0169. The lowest BCUT2D eigenvalue weighted by Crippen LogP contribution is -2.23. The van der Waals surface area contributed by atoms with Crippen LogP contribution in [0.3, 0.4) is 0 Å². The molecule has 0 saturated heterocycles. The Hall–Kier alpha value is -3.68. The van der Waals surface area contributed by atoms with Gasteiger partial charge in [0.25, 0.3) is 5.91 Å². The molecule has 1 aliphatic heterocycles. The van der Waals surface area contributed by atoms with E-state index in [0.29, 0.717) is 38.6 Å². The molecule has 0 aliphatic carbocycles. The molecule has 0 spiro atoms. The number of carbonyl (C=O) groups is 1. The number of aromatic nitrogens is 3. The van der Waals surface area contributed by atoms with Gasteiger partial charge in [0.15, 0.2) is 0 Å². The van der Waals surface area contributed by atoms with Crippen molar-refractivity contribution in [3.05, 3.63) is 99.2 Å². The highest BCUT2D eigenvalue weighted by Crippen LogP contribution is 2.36. The topological polar surface area (TPSA) is 82.7 Å². The molecule has 0 fully saturated rings. The van der Waals surface area contributed by atoms with E-state index in [0.717, 1.165) is 27.8 Å². The summed E-state index contributed by atoms with van der Waals surface area (Å²) in [6.45, 7) is 0.667. The van der Waals surface area contributed by atoms with Crippen LogP contribution in [0.1, 0.15) is 33.0 Å². The van der Waals surface area contributed by atoms with Crippen molar-refractivity contribution in [1.82, 2.24) is 20.3 Å². The van der Waals surface area contributed by atoms with Gasteiger partial charge in [-0.1, -0.05) is 23.2 Å². The number of H-pyrrole nitrogens is 1. The molecule has 2 aromatic carbocycles. The highest BCUT2D eigenvalue weighted by Gasteiger charge is 2.27. The highest BCUT2D eigenvalue weighted by atomic mass is 35.5. The largest absolute Gasteiger partial charge is 0.369 e. The van der Waals surface area contributed by atoms with Crippen molar-refractivity contribution in [2.24, 2.45) is 0 Å². The molecule has 3 aromatic heterocycles. The Bertz CT molecular complexity index is 1630. The van der Waals surface area contributed by atoms with Crippen LogP contribution in [0.5, 0.6) is 0 Å². The first-order valence-electron chi connectivity index (χ1n) is 11.0. The minimum atomic E-state index is -0.420. The molecule has 1 amide bonds. The van der Waals surface area contributed by atoms with Gasteiger partial charge >= 0.3 is 0 Å². The molecule has 6 rings (SSSR count). The Morgan fingerprint density at radius 2 is 2.00 bits per heavy atom. The molecular formula is C26H18Cl2FN5O. The number of benzene rings is 2. The summed E-state index contributed by atoms with van der Waals surface area (Å²) in [7, 11) is 0. The fourth-order valence-electron chi connectivity index (χ4n) is 4.50. The number of aromatic amines is 1. The second-order valence-electron chi connectivity index (χ2n) is 8.51. The predicted octanol–water partition coefficient (Wildman–Crippen LogP) is 6.04. The monoisotopic (exact) mass is 505 g/mol. The van der Waals surface area contributed by atoms with Crippen LogP contribution in [-0.2, 0) is 6.54 Å². The second kappa shape index (κ2) is 8.52. The number of rotatable bonds is 4. The summed E-state index contributed by atoms with van der Waals surface area (Å²) >= 11 is 12.3. The van der Waals surface area contributed by atoms with Crippen LogP contribution in [-0.4, -0.2) is 27.4 Å². The number of amides is 1. The van der Waals surface area contributed by atoms with Gasteiger partial charge in [0, 0.05) is 70.0 Å². The number of fused-ring (bicyclic) bond motifs is 3. The summed E-state index contributed by atoms with van der Waals surface area (Å²) in [5.74, 6) is -0.0429. The van der Waals surface area contributed by atoms with Gasteiger partial charge in [-0.2, -0.15) is 0 Å². The molecule has 3 N–H and O–H groups in total. The summed E-state index contributed by atoms with van der Waals surface area (Å²) in [4.78, 5) is 24.8. The quantitative estimate of drug-likeness (QED) is 0.278. The van der Waals surface area contributed by atoms with Gasteiger partial charge in [0.05, 0.1) is 16.1 Å². The first kappa shape index (κ1) is 21.8. The summed E-state index contributed by atoms with van der Waals surface area (Å²) in [6.07, 6.45) is 4.97. The molecule has 4 heterocycles. The van der Waals surface area contributed by atoms with Crippen LogP contribution in [0.15, 0.2) is 61.1 Å². The van der Waals surface area contributed by atoms with E-state index >= 15 is 0 Å². The van der Waals surface area contributed by atoms with Crippen molar-refractivity contribution < 1.29 is 9.18 Å². The van der Waals surface area contributed by atoms with E-state index in [1.165, 1.54) is 12.3 Å². The Morgan fingerprint density at radius 1 is 1.11 bits per heavy atom. The summed E-state index contributed by atoms with van der Waals surface area (Å²) in [5, 5.41) is 8.89. The first-order valence-corrected chi connectivity index (χ1v) is 11.7. The molecule has 0 radical (unpaired) electrons. The van der Waals surface area contributed by atoms with E-state index in [1.807, 2.05) is 30.5 Å². The third kappa shape index (κ3) is 3.96. The number of hydrogen-bond donors (Lipinski definition) is 3. The fourth-order valence-corrected chi connectivity index (χ4v) is 4.89. The summed E-state index contributed by atoms with van der Waals surface area (Å²) in [6, 6.07) is 12.5. The highest BCUT2D eigenvalue weighted by molar-refractivity contribution is 6.35. The molecule has 1 unspecified atom stereocenters. The Labute approximate surface area is 209 Å². The molecule has 35 heavy (non-hydrogen) atoms. The number of halogens is 3. The second-order valence-corrected chi connectivity index (χ2v) is 9.35. The standard InChI is InChI=1S/C26H18Cl2FN5O/c27-17-1-2-23-13(4-17)3-14(8-30-23)20-11-33-25-18(20)6-16(10-32-25)26(35)34-9-15-5-19-21(28)12-31-24(19)7-22(15)29/h1-8,10,12,20,31H,9,11H2,(H,32,33)(H,34,35). The zero-order chi connectivity index (χ0) is 24.1. The van der Waals surface area contributed by atoms with Crippen molar-refractivity contribution in [2.75, 3.05) is 11.9 Å². The van der Waals surface area contributed by atoms with Crippen molar-refractivity contribution >= 4 is 56.7 Å². The number of hydrogen-bond acceptors (Lipinski definition) is 4. The average molecular weight is 506 g/mol. The van der Waals surface area contributed by atoms with Gasteiger partial charge in [-0.3, -0.25) is 9.78 Å². The Balaban J connectivity index is 1.25. The van der Waals surface area contributed by atoms with E-state index < -0.39 is 5.82 Å². The van der Waals surface area contributed by atoms with Crippen LogP contribution >= 0.6 is 23.2 Å². The predicted molar refractivity (Wildman–Crippen MR) is 136 cm³/mol. The lowest BCUT2D eigenvalue weighted by Gasteiger charge is -2.12. The first-order chi connectivity index (χ1) is 17.0. The number of carbonyl (C=O) groups excluding carboxylic acids is 1. The van der Waals surface area contributed by atoms with Crippen molar-refractivity contribution in [1.29, 1.82) is 0 Å². The maximum atomic E-state index is 14.5. The normalized spacial score (nSPS) is 14.8. The van der Waals surface area contributed by atoms with E-state index in [2.05, 4.69) is 31.7 Å². The van der Waals surface area contributed by atoms with E-state index in [1.54, 1.807) is 12.3 Å². The third-order valence-electron chi connectivity index (χ3n) is 6.33. The van der Waals surface area contributed by atoms with Crippen LogP contribution in [0.2, 0.25) is 10.0 Å². The molecule has 1 atom stereocenters. The number of anilines is 1. The van der Waals surface area contributed by atoms with Crippen LogP contribution in [0, 0.1) is 5.82 Å². The zero-order valence-corrected chi connectivity index (χ0v) is 19.7. The van der Waals surface area contributed by atoms with E-state index in [-0.39, 0.29) is 18.4 Å². The molecule has 174 valence electrons. The van der Waals surface area contributed by atoms with E-state index in [4.69, 9.17) is 23.2 Å². The van der Waals surface area contributed by atoms with Gasteiger partial charge in [-0.05, 0) is 48.0 Å². The number of nitrogens with zero attached hydrogens (tertiary/aromatic N) is 2. The van der Waals surface area contributed by atoms with Crippen LogP contribution in [0.25, 0.3) is 21.8 Å². The van der Waals surface area contributed by atoms with Crippen LogP contribution < -0.4 is 10.6 Å². The Morgan fingerprint density at radius 3 is 2.89 bits per heavy atom. The van der Waals surface area contributed by atoms with Gasteiger partial charge in [-0.25, -0.2) is 9.37 Å². The summed E-state index contributed by atoms with van der Waals surface area (Å²) in [5.41, 5.74) is 4.13. The molecule has 0 bridgehead atoms. The van der Waals surface area contributed by atoms with Gasteiger partial charge in [-0.15, -0.1) is 0 Å². The minimum Gasteiger partial charge on any atom is -0.369 e. The van der Waals surface area contributed by atoms with Crippen molar-refractivity contribution in [3.8, 4) is 0 Å². The average Bonchev–Trinajstić information content (AvgIpc) is 3.44. The summed E-state index contributed by atoms with van der Waals surface area (Å²) < 4.78 is 14.5. The van der Waals surface area contributed by atoms with Crippen molar-refractivity contribution in [2.45, 2.75) is 12.5 Å². The zero-order valence-electron chi connectivity index (χ0n) is 18.2. The van der Waals surface area contributed by atoms with Gasteiger partial charge in [0.1, 0.15) is 11.6 Å². The maximum Gasteiger partial charge on any atom is 0.253 e. The lowest BCUT2D eigenvalue weighted by atomic mass is 9.93. The number of nitrogens with one attached hydrogen (secondary N) is 3. The SMILES string of the molecule is O=C(NCc1cc2c(Cl)c[nH]c2cc1F)c1cnc2c(c1)C(c1cnc3ccc(Cl)cc3c1)CN2. The maximum absolute atomic E-state index is 14.5. The smallest absolute Gasteiger partial charge is 0.253 e. The lowest BCUT2D eigenvalue weighted by molar-refractivity contribution is 0.0950. The molecule has 6 nitrogen and oxygen atoms in total. The van der Waals surface area contributed by atoms with E-state index in [9.17, 15) is 9.18 Å². The Kier molecular flexibility index (Phi) is 5.31. The third-order valence-corrected chi connectivity index (χ3v) is 6.88. The van der Waals surface area contributed by atoms with Gasteiger partial charge in [0.2, 0.25) is 0 Å². The molecule has 5 aromatic rings. The molecular weight excluding hydrogens is 488 g/mol. The van der Waals surface area contributed by atoms with Crippen molar-refractivity contribution in [3.63, 3.8) is 0 Å². The van der Waals surface area contributed by atoms with Gasteiger partial charge < -0.3 is 15.6 Å². The molecule has 1 aliphatic rings. The fraction of sp³-hybridized carbons (Fsp3) is 0.115. The molecule has 0 saturated carbocycles.